The number of likely N-dealkylation sites (N-methyl/N-ethyl adjacent to an activating group) is 1. The summed E-state index contributed by atoms with van der Waals surface area (Å²) in [5.74, 6) is 1.42. The maximum Gasteiger partial charge on any atom is 0.234 e. The van der Waals surface area contributed by atoms with E-state index < -0.39 is 0 Å². The van der Waals surface area contributed by atoms with Crippen LogP contribution in [0.4, 0.5) is 0 Å². The third-order valence-electron chi connectivity index (χ3n) is 3.96. The molecule has 0 heterocycles. The van der Waals surface area contributed by atoms with Gasteiger partial charge in [0.25, 0.3) is 0 Å². The Bertz CT molecular complexity index is 671. The van der Waals surface area contributed by atoms with Crippen molar-refractivity contribution in [3.8, 4) is 17.2 Å². The van der Waals surface area contributed by atoms with E-state index in [-0.39, 0.29) is 37.0 Å². The summed E-state index contributed by atoms with van der Waals surface area (Å²) in [6.07, 6.45) is 0. The summed E-state index contributed by atoms with van der Waals surface area (Å²) in [5.41, 5.74) is 0.463. The van der Waals surface area contributed by atoms with Gasteiger partial charge in [-0.25, -0.2) is 0 Å². The van der Waals surface area contributed by atoms with E-state index in [9.17, 15) is 9.59 Å². The van der Waals surface area contributed by atoms with E-state index in [1.807, 2.05) is 27.7 Å². The SMILES string of the molecule is CCN(CC(=O)NCc1cc(OC)c(OC)cc1OC)CC(=O)NC(C)(C)C. The molecule has 0 aliphatic heterocycles. The quantitative estimate of drug-likeness (QED) is 0.625. The molecule has 158 valence electrons. The van der Waals surface area contributed by atoms with Crippen molar-refractivity contribution in [3.63, 3.8) is 0 Å². The molecule has 0 aliphatic carbocycles. The molecule has 8 heteroatoms. The number of carbonyl (C=O) groups excluding carboxylic acids is 2. The van der Waals surface area contributed by atoms with Crippen LogP contribution in [0.25, 0.3) is 0 Å². The van der Waals surface area contributed by atoms with Gasteiger partial charge in [-0.05, 0) is 33.4 Å². The van der Waals surface area contributed by atoms with Crippen LogP contribution in [0.1, 0.15) is 33.3 Å². The molecule has 0 bridgehead atoms. The molecular weight excluding hydrogens is 362 g/mol. The van der Waals surface area contributed by atoms with E-state index in [0.717, 1.165) is 5.56 Å². The fourth-order valence-electron chi connectivity index (χ4n) is 2.62. The molecule has 0 unspecified atom stereocenters. The summed E-state index contributed by atoms with van der Waals surface area (Å²) in [6.45, 7) is 8.83. The van der Waals surface area contributed by atoms with Crippen molar-refractivity contribution < 1.29 is 23.8 Å². The van der Waals surface area contributed by atoms with Crippen molar-refractivity contribution in [2.45, 2.75) is 39.8 Å². The predicted molar refractivity (Wildman–Crippen MR) is 108 cm³/mol. The van der Waals surface area contributed by atoms with Crippen LogP contribution < -0.4 is 24.8 Å². The van der Waals surface area contributed by atoms with Crippen LogP contribution in [0.3, 0.4) is 0 Å². The highest BCUT2D eigenvalue weighted by Crippen LogP contribution is 2.34. The molecule has 0 radical (unpaired) electrons. The molecular formula is C20H33N3O5. The number of rotatable bonds is 10. The summed E-state index contributed by atoms with van der Waals surface area (Å²) in [6, 6.07) is 3.49. The minimum Gasteiger partial charge on any atom is -0.496 e. The monoisotopic (exact) mass is 395 g/mol. The maximum atomic E-state index is 12.3. The molecule has 28 heavy (non-hydrogen) atoms. The lowest BCUT2D eigenvalue weighted by Crippen LogP contribution is -2.47. The van der Waals surface area contributed by atoms with Crippen LogP contribution in [-0.4, -0.2) is 63.2 Å². The molecule has 1 aromatic carbocycles. The molecule has 2 N–H and O–H groups in total. The molecule has 0 fully saturated rings. The zero-order chi connectivity index (χ0) is 21.3. The minimum atomic E-state index is -0.303. The number of benzene rings is 1. The molecule has 8 nitrogen and oxygen atoms in total. The fourth-order valence-corrected chi connectivity index (χ4v) is 2.62. The molecule has 0 aromatic heterocycles. The standard InChI is InChI=1S/C20H33N3O5/c1-8-23(13-19(25)22-20(2,3)4)12-18(24)21-11-14-9-16(27-6)17(28-7)10-15(14)26-5/h9-10H,8,11-13H2,1-7H3,(H,21,24)(H,22,25). The van der Waals surface area contributed by atoms with E-state index in [1.54, 1.807) is 38.4 Å². The number of carbonyl (C=O) groups is 2. The summed E-state index contributed by atoms with van der Waals surface area (Å²) in [7, 11) is 4.65. The summed E-state index contributed by atoms with van der Waals surface area (Å²) < 4.78 is 15.9. The van der Waals surface area contributed by atoms with Crippen LogP contribution >= 0.6 is 0 Å². The van der Waals surface area contributed by atoms with Gasteiger partial charge in [0, 0.05) is 23.7 Å². The van der Waals surface area contributed by atoms with Crippen LogP contribution in [0.2, 0.25) is 0 Å². The number of methoxy groups -OCH3 is 3. The zero-order valence-electron chi connectivity index (χ0n) is 18.0. The van der Waals surface area contributed by atoms with Gasteiger partial charge >= 0.3 is 0 Å². The second kappa shape index (κ2) is 10.8. The largest absolute Gasteiger partial charge is 0.496 e. The number of nitrogens with one attached hydrogen (secondary N) is 2. The van der Waals surface area contributed by atoms with Gasteiger partial charge < -0.3 is 24.8 Å². The Labute approximate surface area is 167 Å². The summed E-state index contributed by atoms with van der Waals surface area (Å²) in [4.78, 5) is 26.2. The number of ether oxygens (including phenoxy) is 3. The molecule has 0 aliphatic rings. The van der Waals surface area contributed by atoms with Crippen molar-refractivity contribution in [1.29, 1.82) is 0 Å². The van der Waals surface area contributed by atoms with Gasteiger partial charge in [-0.15, -0.1) is 0 Å². The van der Waals surface area contributed by atoms with Crippen molar-refractivity contribution in [3.05, 3.63) is 17.7 Å². The number of hydrogen-bond donors (Lipinski definition) is 2. The Kier molecular flexibility index (Phi) is 9.05. The summed E-state index contributed by atoms with van der Waals surface area (Å²) >= 11 is 0. The molecule has 2 amide bonds. The van der Waals surface area contributed by atoms with Gasteiger partial charge in [0.05, 0.1) is 34.4 Å². The first kappa shape index (κ1) is 23.6. The molecule has 0 saturated carbocycles. The van der Waals surface area contributed by atoms with E-state index in [4.69, 9.17) is 14.2 Å². The van der Waals surface area contributed by atoms with Crippen molar-refractivity contribution >= 4 is 11.8 Å². The topological polar surface area (TPSA) is 89.1 Å². The minimum absolute atomic E-state index is 0.108. The molecule has 1 rings (SSSR count). The second-order valence-corrected chi connectivity index (χ2v) is 7.40. The summed E-state index contributed by atoms with van der Waals surface area (Å²) in [5, 5.41) is 5.76. The van der Waals surface area contributed by atoms with Crippen molar-refractivity contribution in [2.75, 3.05) is 41.0 Å². The maximum absolute atomic E-state index is 12.3. The highest BCUT2D eigenvalue weighted by atomic mass is 16.5. The third kappa shape index (κ3) is 7.64. The van der Waals surface area contributed by atoms with Gasteiger partial charge in [-0.2, -0.15) is 0 Å². The van der Waals surface area contributed by atoms with E-state index in [2.05, 4.69) is 10.6 Å². The second-order valence-electron chi connectivity index (χ2n) is 7.40. The molecule has 0 atom stereocenters. The number of amides is 2. The van der Waals surface area contributed by atoms with Crippen molar-refractivity contribution in [1.82, 2.24) is 15.5 Å². The van der Waals surface area contributed by atoms with Gasteiger partial charge in [-0.3, -0.25) is 14.5 Å². The van der Waals surface area contributed by atoms with E-state index >= 15 is 0 Å². The fraction of sp³-hybridized carbons (Fsp3) is 0.600. The van der Waals surface area contributed by atoms with Crippen LogP contribution in [0, 0.1) is 0 Å². The van der Waals surface area contributed by atoms with Crippen LogP contribution in [0.5, 0.6) is 17.2 Å². The average molecular weight is 396 g/mol. The lowest BCUT2D eigenvalue weighted by Gasteiger charge is -2.24. The Balaban J connectivity index is 2.69. The average Bonchev–Trinajstić information content (AvgIpc) is 2.63. The zero-order valence-corrected chi connectivity index (χ0v) is 18.0. The van der Waals surface area contributed by atoms with Gasteiger partial charge in [0.1, 0.15) is 5.75 Å². The lowest BCUT2D eigenvalue weighted by molar-refractivity contribution is -0.125. The highest BCUT2D eigenvalue weighted by molar-refractivity contribution is 5.81. The first-order chi connectivity index (χ1) is 13.1. The van der Waals surface area contributed by atoms with E-state index in [1.165, 1.54) is 0 Å². The highest BCUT2D eigenvalue weighted by Gasteiger charge is 2.18. The third-order valence-corrected chi connectivity index (χ3v) is 3.96. The Morgan fingerprint density at radius 3 is 1.96 bits per heavy atom. The lowest BCUT2D eigenvalue weighted by atomic mass is 10.1. The Morgan fingerprint density at radius 1 is 0.929 bits per heavy atom. The first-order valence-corrected chi connectivity index (χ1v) is 9.22. The van der Waals surface area contributed by atoms with E-state index in [0.29, 0.717) is 23.8 Å². The first-order valence-electron chi connectivity index (χ1n) is 9.22. The van der Waals surface area contributed by atoms with Gasteiger partial charge in [0.15, 0.2) is 11.5 Å². The molecule has 0 spiro atoms. The van der Waals surface area contributed by atoms with Gasteiger partial charge in [0.2, 0.25) is 11.8 Å². The number of hydrogen-bond acceptors (Lipinski definition) is 6. The Morgan fingerprint density at radius 2 is 1.46 bits per heavy atom. The Hall–Kier alpha value is -2.48. The number of nitrogens with zero attached hydrogens (tertiary/aromatic N) is 1. The van der Waals surface area contributed by atoms with Crippen LogP contribution in [-0.2, 0) is 16.1 Å². The molecule has 1 aromatic rings. The van der Waals surface area contributed by atoms with Gasteiger partial charge in [-0.1, -0.05) is 6.92 Å². The van der Waals surface area contributed by atoms with Crippen LogP contribution in [0.15, 0.2) is 12.1 Å². The smallest absolute Gasteiger partial charge is 0.234 e. The van der Waals surface area contributed by atoms with Crippen molar-refractivity contribution in [2.24, 2.45) is 0 Å². The predicted octanol–water partition coefficient (Wildman–Crippen LogP) is 1.57. The normalized spacial score (nSPS) is 11.1. The molecule has 0 saturated heterocycles.